The summed E-state index contributed by atoms with van der Waals surface area (Å²) in [6, 6.07) is 8.70. The summed E-state index contributed by atoms with van der Waals surface area (Å²) in [7, 11) is 0. The molecule has 0 aliphatic carbocycles. The van der Waals surface area contributed by atoms with Crippen LogP contribution in [0.2, 0.25) is 0 Å². The number of nitriles is 2. The molecular formula is C14H13FN2O2. The van der Waals surface area contributed by atoms with Gasteiger partial charge in [-0.3, -0.25) is 4.79 Å². The molecule has 0 fully saturated rings. The number of ether oxygens (including phenoxy) is 1. The van der Waals surface area contributed by atoms with Crippen LogP contribution in [0.4, 0.5) is 4.39 Å². The number of carbonyl (C=O) groups is 1. The zero-order valence-corrected chi connectivity index (χ0v) is 10.7. The lowest BCUT2D eigenvalue weighted by Crippen LogP contribution is -2.40. The smallest absolute Gasteiger partial charge is 0.318 e. The van der Waals surface area contributed by atoms with Gasteiger partial charge in [-0.2, -0.15) is 10.5 Å². The molecule has 0 bridgehead atoms. The molecule has 5 heteroatoms. The molecule has 4 nitrogen and oxygen atoms in total. The first-order valence-electron chi connectivity index (χ1n) is 5.73. The number of esters is 1. The van der Waals surface area contributed by atoms with Gasteiger partial charge in [0.2, 0.25) is 0 Å². The van der Waals surface area contributed by atoms with Crippen molar-refractivity contribution >= 4 is 5.97 Å². The van der Waals surface area contributed by atoms with Crippen LogP contribution in [0.5, 0.6) is 0 Å². The SMILES string of the molecule is CCOC(=O)C(C)(c1ccc(F)cc1)C(C#N)C#N. The van der Waals surface area contributed by atoms with Crippen LogP contribution in [0.1, 0.15) is 19.4 Å². The summed E-state index contributed by atoms with van der Waals surface area (Å²) in [5, 5.41) is 18.1. The van der Waals surface area contributed by atoms with Gasteiger partial charge in [-0.05, 0) is 31.5 Å². The molecule has 19 heavy (non-hydrogen) atoms. The van der Waals surface area contributed by atoms with Crippen LogP contribution < -0.4 is 0 Å². The first kappa shape index (κ1) is 14.7. The minimum absolute atomic E-state index is 0.138. The fraction of sp³-hybridized carbons (Fsp3) is 0.357. The molecule has 0 N–H and O–H groups in total. The van der Waals surface area contributed by atoms with Gasteiger partial charge < -0.3 is 4.74 Å². The highest BCUT2D eigenvalue weighted by Gasteiger charge is 2.45. The Morgan fingerprint density at radius 3 is 2.32 bits per heavy atom. The summed E-state index contributed by atoms with van der Waals surface area (Å²) in [6.07, 6.45) is 0. The van der Waals surface area contributed by atoms with Gasteiger partial charge in [0.25, 0.3) is 0 Å². The number of benzene rings is 1. The van der Waals surface area contributed by atoms with Crippen molar-refractivity contribution in [2.45, 2.75) is 19.3 Å². The van der Waals surface area contributed by atoms with Crippen LogP contribution in [-0.4, -0.2) is 12.6 Å². The third-order valence-corrected chi connectivity index (χ3v) is 2.98. The second kappa shape index (κ2) is 5.97. The molecule has 0 amide bonds. The summed E-state index contributed by atoms with van der Waals surface area (Å²) in [5.41, 5.74) is -1.06. The summed E-state index contributed by atoms with van der Waals surface area (Å²) in [6.45, 7) is 3.23. The van der Waals surface area contributed by atoms with E-state index in [1.165, 1.54) is 31.2 Å². The lowest BCUT2D eigenvalue weighted by atomic mass is 9.73. The third kappa shape index (κ3) is 2.71. The quantitative estimate of drug-likeness (QED) is 0.778. The van der Waals surface area contributed by atoms with E-state index < -0.39 is 23.1 Å². The number of nitrogens with zero attached hydrogens (tertiary/aromatic N) is 2. The third-order valence-electron chi connectivity index (χ3n) is 2.98. The number of carbonyl (C=O) groups excluding carboxylic acids is 1. The molecule has 1 aromatic rings. The predicted octanol–water partition coefficient (Wildman–Crippen LogP) is 2.31. The highest BCUT2D eigenvalue weighted by atomic mass is 19.1. The maximum atomic E-state index is 12.9. The summed E-state index contributed by atoms with van der Waals surface area (Å²) in [4.78, 5) is 12.1. The Morgan fingerprint density at radius 2 is 1.89 bits per heavy atom. The Labute approximate surface area is 111 Å². The molecule has 0 aliphatic heterocycles. The van der Waals surface area contributed by atoms with E-state index in [-0.39, 0.29) is 6.61 Å². The molecule has 0 aromatic heterocycles. The second-order valence-corrected chi connectivity index (χ2v) is 4.12. The van der Waals surface area contributed by atoms with Crippen LogP contribution in [0.15, 0.2) is 24.3 Å². The first-order chi connectivity index (χ1) is 9.00. The minimum Gasteiger partial charge on any atom is -0.465 e. The standard InChI is InChI=1S/C14H13FN2O2/c1-3-19-13(18)14(2,11(8-16)9-17)10-4-6-12(15)7-5-10/h4-7,11H,3H2,1-2H3. The molecule has 0 radical (unpaired) electrons. The van der Waals surface area contributed by atoms with E-state index in [0.29, 0.717) is 5.56 Å². The van der Waals surface area contributed by atoms with Gasteiger partial charge in [-0.25, -0.2) is 4.39 Å². The van der Waals surface area contributed by atoms with Crippen LogP contribution in [0, 0.1) is 34.4 Å². The van der Waals surface area contributed by atoms with E-state index in [1.807, 2.05) is 0 Å². The molecular weight excluding hydrogens is 247 g/mol. The van der Waals surface area contributed by atoms with E-state index in [0.717, 1.165) is 0 Å². The van der Waals surface area contributed by atoms with Gasteiger partial charge in [-0.15, -0.1) is 0 Å². The fourth-order valence-electron chi connectivity index (χ4n) is 1.77. The van der Waals surface area contributed by atoms with Gasteiger partial charge >= 0.3 is 5.97 Å². The van der Waals surface area contributed by atoms with Crippen molar-refractivity contribution in [3.63, 3.8) is 0 Å². The average molecular weight is 260 g/mol. The van der Waals surface area contributed by atoms with Crippen LogP contribution >= 0.6 is 0 Å². The van der Waals surface area contributed by atoms with E-state index in [1.54, 1.807) is 19.1 Å². The van der Waals surface area contributed by atoms with Gasteiger partial charge in [-0.1, -0.05) is 12.1 Å². The molecule has 1 aromatic carbocycles. The Morgan fingerprint density at radius 1 is 1.37 bits per heavy atom. The lowest BCUT2D eigenvalue weighted by Gasteiger charge is -2.28. The van der Waals surface area contributed by atoms with Crippen molar-refractivity contribution in [3.05, 3.63) is 35.6 Å². The minimum atomic E-state index is -1.44. The average Bonchev–Trinajstić information content (AvgIpc) is 2.40. The Bertz CT molecular complexity index is 528. The van der Waals surface area contributed by atoms with Crippen molar-refractivity contribution in [2.24, 2.45) is 5.92 Å². The molecule has 1 rings (SSSR count). The molecule has 0 heterocycles. The van der Waals surface area contributed by atoms with E-state index in [4.69, 9.17) is 15.3 Å². The Balaban J connectivity index is 3.35. The van der Waals surface area contributed by atoms with Crippen LogP contribution in [0.25, 0.3) is 0 Å². The van der Waals surface area contributed by atoms with E-state index >= 15 is 0 Å². The molecule has 1 unspecified atom stereocenters. The number of hydrogen-bond acceptors (Lipinski definition) is 4. The van der Waals surface area contributed by atoms with Crippen LogP contribution in [0.3, 0.4) is 0 Å². The normalized spacial score (nSPS) is 13.2. The topological polar surface area (TPSA) is 73.9 Å². The molecule has 0 spiro atoms. The van der Waals surface area contributed by atoms with Gasteiger partial charge in [0, 0.05) is 0 Å². The second-order valence-electron chi connectivity index (χ2n) is 4.12. The van der Waals surface area contributed by atoms with E-state index in [9.17, 15) is 9.18 Å². The predicted molar refractivity (Wildman–Crippen MR) is 65.1 cm³/mol. The first-order valence-corrected chi connectivity index (χ1v) is 5.73. The number of halogens is 1. The Hall–Kier alpha value is -2.40. The molecule has 0 aliphatic rings. The number of hydrogen-bond donors (Lipinski definition) is 0. The van der Waals surface area contributed by atoms with Gasteiger partial charge in [0.15, 0.2) is 5.92 Å². The fourth-order valence-corrected chi connectivity index (χ4v) is 1.77. The molecule has 0 saturated heterocycles. The highest BCUT2D eigenvalue weighted by Crippen LogP contribution is 2.33. The van der Waals surface area contributed by atoms with Crippen molar-refractivity contribution < 1.29 is 13.9 Å². The largest absolute Gasteiger partial charge is 0.465 e. The van der Waals surface area contributed by atoms with Crippen molar-refractivity contribution in [3.8, 4) is 12.1 Å². The Kier molecular flexibility index (Phi) is 4.61. The zero-order valence-electron chi connectivity index (χ0n) is 10.7. The van der Waals surface area contributed by atoms with Gasteiger partial charge in [0.1, 0.15) is 11.2 Å². The maximum Gasteiger partial charge on any atom is 0.318 e. The van der Waals surface area contributed by atoms with Crippen molar-refractivity contribution in [1.82, 2.24) is 0 Å². The zero-order chi connectivity index (χ0) is 14.5. The van der Waals surface area contributed by atoms with Crippen molar-refractivity contribution in [1.29, 1.82) is 10.5 Å². The van der Waals surface area contributed by atoms with Gasteiger partial charge in [0.05, 0.1) is 18.7 Å². The lowest BCUT2D eigenvalue weighted by molar-refractivity contribution is -0.150. The summed E-state index contributed by atoms with van der Waals surface area (Å²) in [5.74, 6) is -2.34. The highest BCUT2D eigenvalue weighted by molar-refractivity contribution is 5.84. The molecule has 98 valence electrons. The van der Waals surface area contributed by atoms with E-state index in [2.05, 4.69) is 0 Å². The maximum absolute atomic E-state index is 12.9. The van der Waals surface area contributed by atoms with Crippen LogP contribution in [-0.2, 0) is 14.9 Å². The molecule has 0 saturated carbocycles. The summed E-state index contributed by atoms with van der Waals surface area (Å²) >= 11 is 0. The van der Waals surface area contributed by atoms with Crippen molar-refractivity contribution in [2.75, 3.05) is 6.61 Å². The number of rotatable bonds is 4. The monoisotopic (exact) mass is 260 g/mol. The summed E-state index contributed by atoms with van der Waals surface area (Å²) < 4.78 is 17.9. The molecule has 1 atom stereocenters.